The maximum Gasteiger partial charge on any atom is 0.408 e. The van der Waals surface area contributed by atoms with Crippen LogP contribution in [0.5, 0.6) is 0 Å². The number of rotatable bonds is 3. The molecule has 4 heterocycles. The molecule has 0 radical (unpaired) electrons. The average molecular weight is 390 g/mol. The second-order valence-corrected chi connectivity index (χ2v) is 6.53. The number of nitrogens with zero attached hydrogens (tertiary/aromatic N) is 5. The molecule has 4 rings (SSSR count). The van der Waals surface area contributed by atoms with Crippen molar-refractivity contribution in [3.05, 3.63) is 48.4 Å². The molecule has 0 bridgehead atoms. The van der Waals surface area contributed by atoms with Crippen molar-refractivity contribution in [2.45, 2.75) is 31.5 Å². The van der Waals surface area contributed by atoms with Crippen LogP contribution in [-0.2, 0) is 0 Å². The van der Waals surface area contributed by atoms with Crippen LogP contribution in [0.1, 0.15) is 29.6 Å². The summed E-state index contributed by atoms with van der Waals surface area (Å²) in [6, 6.07) is 4.98. The summed E-state index contributed by atoms with van der Waals surface area (Å²) < 4.78 is 41.6. The number of hydrogen-bond donors (Lipinski definition) is 1. The molecule has 0 aromatic carbocycles. The van der Waals surface area contributed by atoms with Crippen molar-refractivity contribution in [2.24, 2.45) is 0 Å². The average Bonchev–Trinajstić information content (AvgIpc) is 3.11. The third kappa shape index (κ3) is 3.49. The van der Waals surface area contributed by atoms with Gasteiger partial charge in [0.05, 0.1) is 6.20 Å². The number of hydrogen-bond acceptors (Lipinski definition) is 5. The summed E-state index contributed by atoms with van der Waals surface area (Å²) in [6.45, 7) is 0.261. The van der Waals surface area contributed by atoms with Gasteiger partial charge < -0.3 is 10.2 Å². The van der Waals surface area contributed by atoms with E-state index in [9.17, 15) is 18.0 Å². The predicted octanol–water partition coefficient (Wildman–Crippen LogP) is 3.30. The van der Waals surface area contributed by atoms with Gasteiger partial charge in [-0.25, -0.2) is 14.5 Å². The third-order valence-electron chi connectivity index (χ3n) is 4.68. The summed E-state index contributed by atoms with van der Waals surface area (Å²) in [4.78, 5) is 22.2. The van der Waals surface area contributed by atoms with Gasteiger partial charge in [0.2, 0.25) is 0 Å². The maximum absolute atomic E-state index is 13.4. The predicted molar refractivity (Wildman–Crippen MR) is 96.2 cm³/mol. The van der Waals surface area contributed by atoms with Crippen molar-refractivity contribution in [1.29, 1.82) is 0 Å². The van der Waals surface area contributed by atoms with Gasteiger partial charge in [-0.3, -0.25) is 4.79 Å². The smallest absolute Gasteiger partial charge is 0.344 e. The van der Waals surface area contributed by atoms with Crippen molar-refractivity contribution >= 4 is 23.2 Å². The fourth-order valence-corrected chi connectivity index (χ4v) is 3.35. The molecule has 0 saturated carbocycles. The molecule has 0 spiro atoms. The Labute approximate surface area is 158 Å². The topological polar surface area (TPSA) is 75.4 Å². The molecule has 1 N–H and O–H groups in total. The van der Waals surface area contributed by atoms with Crippen molar-refractivity contribution in [3.8, 4) is 0 Å². The SMILES string of the molecule is O=C(Nc1ccccn1)c1cnn2ccc(N3CCCCC3C(F)(F)F)nc12. The Bertz CT molecular complexity index is 988. The molecule has 1 atom stereocenters. The minimum atomic E-state index is -4.34. The summed E-state index contributed by atoms with van der Waals surface area (Å²) in [5.74, 6) is 0.0578. The molecule has 28 heavy (non-hydrogen) atoms. The van der Waals surface area contributed by atoms with E-state index in [1.165, 1.54) is 34.1 Å². The molecule has 10 heteroatoms. The van der Waals surface area contributed by atoms with E-state index in [2.05, 4.69) is 20.4 Å². The first-order chi connectivity index (χ1) is 13.4. The molecule has 3 aromatic rings. The van der Waals surface area contributed by atoms with E-state index >= 15 is 0 Å². The van der Waals surface area contributed by atoms with E-state index in [4.69, 9.17) is 0 Å². The van der Waals surface area contributed by atoms with Gasteiger partial charge >= 0.3 is 6.18 Å². The number of carbonyl (C=O) groups excluding carboxylic acids is 1. The minimum absolute atomic E-state index is 0.0304. The Morgan fingerprint density at radius 2 is 2.07 bits per heavy atom. The molecule has 1 aliphatic heterocycles. The van der Waals surface area contributed by atoms with Crippen LogP contribution in [-0.4, -0.2) is 44.3 Å². The Hall–Kier alpha value is -3.17. The van der Waals surface area contributed by atoms with Crippen molar-refractivity contribution in [2.75, 3.05) is 16.8 Å². The van der Waals surface area contributed by atoms with Gasteiger partial charge in [-0.1, -0.05) is 6.07 Å². The minimum Gasteiger partial charge on any atom is -0.344 e. The number of piperidine rings is 1. The van der Waals surface area contributed by atoms with Gasteiger partial charge in [0.1, 0.15) is 23.2 Å². The fraction of sp³-hybridized carbons (Fsp3) is 0.333. The monoisotopic (exact) mass is 390 g/mol. The lowest BCUT2D eigenvalue weighted by atomic mass is 10.0. The molecule has 0 aliphatic carbocycles. The summed E-state index contributed by atoms with van der Waals surface area (Å²) in [6.07, 6.45) is 1.25. The van der Waals surface area contributed by atoms with Gasteiger partial charge in [-0.2, -0.15) is 18.3 Å². The van der Waals surface area contributed by atoms with Crippen LogP contribution in [0.2, 0.25) is 0 Å². The highest BCUT2D eigenvalue weighted by Crippen LogP contribution is 2.34. The Morgan fingerprint density at radius 3 is 2.82 bits per heavy atom. The number of pyridine rings is 1. The second kappa shape index (κ2) is 7.10. The summed E-state index contributed by atoms with van der Waals surface area (Å²) >= 11 is 0. The quantitative estimate of drug-likeness (QED) is 0.743. The van der Waals surface area contributed by atoms with E-state index in [1.807, 2.05) is 0 Å². The molecule has 1 aliphatic rings. The summed E-state index contributed by atoms with van der Waals surface area (Å²) in [5.41, 5.74) is 0.352. The zero-order valence-corrected chi connectivity index (χ0v) is 14.7. The van der Waals surface area contributed by atoms with Crippen LogP contribution in [0.25, 0.3) is 5.65 Å². The molecular formula is C18H17F3N6O. The zero-order valence-electron chi connectivity index (χ0n) is 14.7. The van der Waals surface area contributed by atoms with Crippen LogP contribution in [0, 0.1) is 0 Å². The highest BCUT2D eigenvalue weighted by atomic mass is 19.4. The molecule has 3 aromatic heterocycles. The van der Waals surface area contributed by atoms with Crippen LogP contribution in [0.3, 0.4) is 0 Å². The van der Waals surface area contributed by atoms with E-state index in [-0.39, 0.29) is 30.0 Å². The number of amides is 1. The van der Waals surface area contributed by atoms with E-state index in [0.717, 1.165) is 0 Å². The second-order valence-electron chi connectivity index (χ2n) is 6.53. The van der Waals surface area contributed by atoms with Crippen molar-refractivity contribution < 1.29 is 18.0 Å². The molecule has 1 saturated heterocycles. The lowest BCUT2D eigenvalue weighted by Crippen LogP contribution is -2.49. The Morgan fingerprint density at radius 1 is 1.21 bits per heavy atom. The summed E-state index contributed by atoms with van der Waals surface area (Å²) in [5, 5.41) is 6.70. The van der Waals surface area contributed by atoms with Crippen LogP contribution in [0.15, 0.2) is 42.9 Å². The maximum atomic E-state index is 13.4. The molecule has 7 nitrogen and oxygen atoms in total. The third-order valence-corrected chi connectivity index (χ3v) is 4.68. The number of alkyl halides is 3. The Balaban J connectivity index is 1.67. The highest BCUT2D eigenvalue weighted by Gasteiger charge is 2.45. The number of nitrogens with one attached hydrogen (secondary N) is 1. The number of carbonyl (C=O) groups is 1. The van der Waals surface area contributed by atoms with Gasteiger partial charge in [-0.05, 0) is 37.5 Å². The Kier molecular flexibility index (Phi) is 4.62. The van der Waals surface area contributed by atoms with Gasteiger partial charge in [0.25, 0.3) is 5.91 Å². The van der Waals surface area contributed by atoms with E-state index < -0.39 is 18.1 Å². The molecule has 1 amide bonds. The van der Waals surface area contributed by atoms with E-state index in [1.54, 1.807) is 18.2 Å². The molecule has 1 fully saturated rings. The van der Waals surface area contributed by atoms with Crippen LogP contribution in [0.4, 0.5) is 24.8 Å². The molecular weight excluding hydrogens is 373 g/mol. The highest BCUT2D eigenvalue weighted by molar-refractivity contribution is 6.07. The normalized spacial score (nSPS) is 17.7. The largest absolute Gasteiger partial charge is 0.408 e. The number of anilines is 2. The van der Waals surface area contributed by atoms with Crippen molar-refractivity contribution in [3.63, 3.8) is 0 Å². The number of halogens is 3. The molecule has 1 unspecified atom stereocenters. The standard InChI is InChI=1S/C18H17F3N6O/c19-18(20,21)13-5-2-4-9-26(13)15-7-10-27-16(25-15)12(11-23-27)17(28)24-14-6-1-3-8-22-14/h1,3,6-8,10-11,13H,2,4-5,9H2,(H,22,24,28). The lowest BCUT2D eigenvalue weighted by molar-refractivity contribution is -0.152. The van der Waals surface area contributed by atoms with Crippen LogP contribution >= 0.6 is 0 Å². The first kappa shape index (κ1) is 18.2. The molecule has 146 valence electrons. The first-order valence-corrected chi connectivity index (χ1v) is 8.83. The zero-order chi connectivity index (χ0) is 19.7. The van der Waals surface area contributed by atoms with Gasteiger partial charge in [0, 0.05) is 18.9 Å². The fourth-order valence-electron chi connectivity index (χ4n) is 3.35. The van der Waals surface area contributed by atoms with Crippen LogP contribution < -0.4 is 10.2 Å². The summed E-state index contributed by atoms with van der Waals surface area (Å²) in [7, 11) is 0. The lowest BCUT2D eigenvalue weighted by Gasteiger charge is -2.37. The first-order valence-electron chi connectivity index (χ1n) is 8.83. The van der Waals surface area contributed by atoms with Gasteiger partial charge in [-0.15, -0.1) is 0 Å². The van der Waals surface area contributed by atoms with Gasteiger partial charge in [0.15, 0.2) is 5.65 Å². The van der Waals surface area contributed by atoms with E-state index in [0.29, 0.717) is 18.7 Å². The van der Waals surface area contributed by atoms with Crippen molar-refractivity contribution in [1.82, 2.24) is 19.6 Å². The number of aromatic nitrogens is 4. The number of fused-ring (bicyclic) bond motifs is 1.